The zero-order valence-corrected chi connectivity index (χ0v) is 19.9. The van der Waals surface area contributed by atoms with Gasteiger partial charge in [-0.3, -0.25) is 4.79 Å². The maximum absolute atomic E-state index is 12.8. The standard InChI is InChI=1S/C29H31N3O2/c1-21-16-22(2)18-25(17-21)34-15-14-32-27-11-7-6-10-26(27)30-29(32)24-19-28(33)31(20-24)13-12-23-8-4-3-5-9-23/h3-11,16-18,24H,12-15,19-20H2,1-2H3. The molecule has 4 aromatic rings. The average molecular weight is 454 g/mol. The minimum absolute atomic E-state index is 0.0943. The average Bonchev–Trinajstić information content (AvgIpc) is 3.38. The number of nitrogens with zero attached hydrogens (tertiary/aromatic N) is 3. The Morgan fingerprint density at radius 3 is 2.47 bits per heavy atom. The van der Waals surface area contributed by atoms with E-state index < -0.39 is 0 Å². The summed E-state index contributed by atoms with van der Waals surface area (Å²) in [4.78, 5) is 19.8. The first-order valence-corrected chi connectivity index (χ1v) is 12.0. The summed E-state index contributed by atoms with van der Waals surface area (Å²) >= 11 is 0. The summed E-state index contributed by atoms with van der Waals surface area (Å²) < 4.78 is 8.36. The molecule has 0 N–H and O–H groups in total. The quantitative estimate of drug-likeness (QED) is 0.364. The van der Waals surface area contributed by atoms with E-state index in [1.54, 1.807) is 0 Å². The van der Waals surface area contributed by atoms with Crippen LogP contribution in [0.5, 0.6) is 5.75 Å². The predicted molar refractivity (Wildman–Crippen MR) is 135 cm³/mol. The molecule has 1 aromatic heterocycles. The van der Waals surface area contributed by atoms with E-state index in [1.807, 2.05) is 41.3 Å². The van der Waals surface area contributed by atoms with E-state index in [-0.39, 0.29) is 11.8 Å². The molecule has 0 spiro atoms. The van der Waals surface area contributed by atoms with Gasteiger partial charge in [-0.2, -0.15) is 0 Å². The van der Waals surface area contributed by atoms with Crippen molar-refractivity contribution >= 4 is 16.9 Å². The molecule has 1 atom stereocenters. The van der Waals surface area contributed by atoms with Crippen LogP contribution in [0.2, 0.25) is 0 Å². The highest BCUT2D eigenvalue weighted by molar-refractivity contribution is 5.81. The van der Waals surface area contributed by atoms with Gasteiger partial charge in [0.05, 0.1) is 17.6 Å². The van der Waals surface area contributed by atoms with Crippen LogP contribution < -0.4 is 4.74 Å². The third-order valence-electron chi connectivity index (χ3n) is 6.56. The summed E-state index contributed by atoms with van der Waals surface area (Å²) in [6.45, 7) is 6.87. The van der Waals surface area contributed by atoms with Gasteiger partial charge in [-0.05, 0) is 61.2 Å². The van der Waals surface area contributed by atoms with Crippen molar-refractivity contribution in [2.75, 3.05) is 19.7 Å². The molecule has 1 unspecified atom stereocenters. The molecule has 1 fully saturated rings. The van der Waals surface area contributed by atoms with Gasteiger partial charge in [-0.1, -0.05) is 48.5 Å². The minimum atomic E-state index is 0.0943. The highest BCUT2D eigenvalue weighted by atomic mass is 16.5. The van der Waals surface area contributed by atoms with Crippen LogP contribution in [0.3, 0.4) is 0 Å². The van der Waals surface area contributed by atoms with Gasteiger partial charge >= 0.3 is 0 Å². The molecule has 1 saturated heterocycles. The SMILES string of the molecule is Cc1cc(C)cc(OCCn2c(C3CC(=O)N(CCc4ccccc4)C3)nc3ccccc32)c1. The Hall–Kier alpha value is -3.60. The summed E-state index contributed by atoms with van der Waals surface area (Å²) in [7, 11) is 0. The maximum atomic E-state index is 12.8. The molecular weight excluding hydrogens is 422 g/mol. The van der Waals surface area contributed by atoms with E-state index in [9.17, 15) is 4.79 Å². The lowest BCUT2D eigenvalue weighted by molar-refractivity contribution is -0.127. The largest absolute Gasteiger partial charge is 0.492 e. The van der Waals surface area contributed by atoms with Gasteiger partial charge in [0.25, 0.3) is 0 Å². The third kappa shape index (κ3) is 4.84. The third-order valence-corrected chi connectivity index (χ3v) is 6.56. The van der Waals surface area contributed by atoms with Gasteiger partial charge in [0.15, 0.2) is 0 Å². The fraction of sp³-hybridized carbons (Fsp3) is 0.310. The van der Waals surface area contributed by atoms with Crippen LogP contribution in [0.1, 0.15) is 34.9 Å². The Morgan fingerprint density at radius 1 is 0.941 bits per heavy atom. The van der Waals surface area contributed by atoms with Crippen LogP contribution in [0.15, 0.2) is 72.8 Å². The fourth-order valence-corrected chi connectivity index (χ4v) is 4.98. The number of fused-ring (bicyclic) bond motifs is 1. The second kappa shape index (κ2) is 9.72. The second-order valence-corrected chi connectivity index (χ2v) is 9.26. The number of para-hydroxylation sites is 2. The topological polar surface area (TPSA) is 47.4 Å². The molecule has 34 heavy (non-hydrogen) atoms. The number of aromatic nitrogens is 2. The molecule has 5 heteroatoms. The van der Waals surface area contributed by atoms with Crippen molar-refractivity contribution in [3.63, 3.8) is 0 Å². The van der Waals surface area contributed by atoms with E-state index in [0.29, 0.717) is 26.1 Å². The molecule has 0 saturated carbocycles. The zero-order chi connectivity index (χ0) is 23.5. The number of likely N-dealkylation sites (tertiary alicyclic amines) is 1. The van der Waals surface area contributed by atoms with Crippen molar-refractivity contribution in [1.29, 1.82) is 0 Å². The van der Waals surface area contributed by atoms with Crippen molar-refractivity contribution in [3.8, 4) is 5.75 Å². The Bertz CT molecular complexity index is 1280. The monoisotopic (exact) mass is 453 g/mol. The van der Waals surface area contributed by atoms with Crippen LogP contribution in [0, 0.1) is 13.8 Å². The molecule has 1 amide bonds. The van der Waals surface area contributed by atoms with E-state index in [2.05, 4.69) is 54.8 Å². The summed E-state index contributed by atoms with van der Waals surface area (Å²) in [5, 5.41) is 0. The number of carbonyl (C=O) groups is 1. The molecule has 1 aliphatic heterocycles. The zero-order valence-electron chi connectivity index (χ0n) is 19.9. The Labute approximate surface area is 201 Å². The molecule has 174 valence electrons. The number of imidazole rings is 1. The van der Waals surface area contributed by atoms with Gasteiger partial charge in [0.1, 0.15) is 18.2 Å². The highest BCUT2D eigenvalue weighted by Crippen LogP contribution is 2.30. The molecule has 0 bridgehead atoms. The second-order valence-electron chi connectivity index (χ2n) is 9.26. The van der Waals surface area contributed by atoms with Crippen LogP contribution in [0.4, 0.5) is 0 Å². The molecule has 0 radical (unpaired) electrons. The fourth-order valence-electron chi connectivity index (χ4n) is 4.98. The molecule has 0 aliphatic carbocycles. The Balaban J connectivity index is 1.32. The molecular formula is C29H31N3O2. The van der Waals surface area contributed by atoms with E-state index in [0.717, 1.165) is 35.6 Å². The van der Waals surface area contributed by atoms with Crippen molar-refractivity contribution in [1.82, 2.24) is 14.5 Å². The van der Waals surface area contributed by atoms with E-state index in [4.69, 9.17) is 9.72 Å². The number of ether oxygens (including phenoxy) is 1. The van der Waals surface area contributed by atoms with Gasteiger partial charge in [0.2, 0.25) is 5.91 Å². The van der Waals surface area contributed by atoms with Gasteiger partial charge in [0, 0.05) is 25.4 Å². The number of hydrogen-bond donors (Lipinski definition) is 0. The summed E-state index contributed by atoms with van der Waals surface area (Å²) in [5.41, 5.74) is 5.72. The predicted octanol–water partition coefficient (Wildman–Crippen LogP) is 5.29. The van der Waals surface area contributed by atoms with Gasteiger partial charge < -0.3 is 14.2 Å². The van der Waals surface area contributed by atoms with Crippen LogP contribution in [-0.2, 0) is 17.8 Å². The molecule has 5 nitrogen and oxygen atoms in total. The molecule has 3 aromatic carbocycles. The molecule has 5 rings (SSSR count). The Kier molecular flexibility index (Phi) is 6.35. The first kappa shape index (κ1) is 22.2. The number of amides is 1. The van der Waals surface area contributed by atoms with Crippen LogP contribution in [0.25, 0.3) is 11.0 Å². The first-order valence-electron chi connectivity index (χ1n) is 12.0. The van der Waals surface area contributed by atoms with Crippen molar-refractivity contribution in [2.24, 2.45) is 0 Å². The van der Waals surface area contributed by atoms with Crippen molar-refractivity contribution in [2.45, 2.75) is 39.2 Å². The van der Waals surface area contributed by atoms with Crippen molar-refractivity contribution < 1.29 is 9.53 Å². The number of rotatable bonds is 8. The number of benzene rings is 3. The lowest BCUT2D eigenvalue weighted by Gasteiger charge is -2.17. The van der Waals surface area contributed by atoms with Crippen LogP contribution in [-0.4, -0.2) is 40.1 Å². The smallest absolute Gasteiger partial charge is 0.223 e. The summed E-state index contributed by atoms with van der Waals surface area (Å²) in [5.74, 6) is 2.19. The highest BCUT2D eigenvalue weighted by Gasteiger charge is 2.33. The number of hydrogen-bond acceptors (Lipinski definition) is 3. The molecule has 2 heterocycles. The van der Waals surface area contributed by atoms with Gasteiger partial charge in [-0.15, -0.1) is 0 Å². The number of carbonyl (C=O) groups excluding carboxylic acids is 1. The van der Waals surface area contributed by atoms with E-state index >= 15 is 0 Å². The first-order chi connectivity index (χ1) is 16.6. The van der Waals surface area contributed by atoms with Crippen molar-refractivity contribution in [3.05, 3.63) is 95.3 Å². The normalized spacial score (nSPS) is 15.9. The minimum Gasteiger partial charge on any atom is -0.492 e. The van der Waals surface area contributed by atoms with E-state index in [1.165, 1.54) is 16.7 Å². The lowest BCUT2D eigenvalue weighted by atomic mass is 10.1. The molecule has 1 aliphatic rings. The Morgan fingerprint density at radius 2 is 1.68 bits per heavy atom. The van der Waals surface area contributed by atoms with Gasteiger partial charge in [-0.25, -0.2) is 4.98 Å². The summed E-state index contributed by atoms with van der Waals surface area (Å²) in [6, 6.07) is 24.8. The summed E-state index contributed by atoms with van der Waals surface area (Å²) in [6.07, 6.45) is 1.38. The number of aryl methyl sites for hydroxylation is 2. The maximum Gasteiger partial charge on any atom is 0.223 e. The van der Waals surface area contributed by atoms with Crippen LogP contribution >= 0.6 is 0 Å². The lowest BCUT2D eigenvalue weighted by Crippen LogP contribution is -2.27.